The smallest absolute Gasteiger partial charge is 0.325 e. The van der Waals surface area contributed by atoms with Crippen molar-refractivity contribution in [3.8, 4) is 0 Å². The predicted molar refractivity (Wildman–Crippen MR) is 91.7 cm³/mol. The molecule has 1 aliphatic rings. The van der Waals surface area contributed by atoms with Crippen molar-refractivity contribution in [2.45, 2.75) is 6.04 Å². The number of rotatable bonds is 4. The number of ether oxygens (including phenoxy) is 1. The van der Waals surface area contributed by atoms with Crippen molar-refractivity contribution in [1.82, 2.24) is 9.88 Å². The van der Waals surface area contributed by atoms with Crippen LogP contribution in [0.3, 0.4) is 0 Å². The Hall–Kier alpha value is -3.48. The fourth-order valence-corrected chi connectivity index (χ4v) is 2.88. The van der Waals surface area contributed by atoms with Crippen LogP contribution in [0.2, 0.25) is 0 Å². The molecule has 1 saturated heterocycles. The van der Waals surface area contributed by atoms with Gasteiger partial charge in [0.25, 0.3) is 11.7 Å². The van der Waals surface area contributed by atoms with E-state index in [-0.39, 0.29) is 11.3 Å². The molecule has 1 fully saturated rings. The summed E-state index contributed by atoms with van der Waals surface area (Å²) in [5.74, 6) is -2.70. The summed E-state index contributed by atoms with van der Waals surface area (Å²) in [7, 11) is 1.20. The van der Waals surface area contributed by atoms with Gasteiger partial charge < -0.3 is 14.7 Å². The molecule has 2 heterocycles. The van der Waals surface area contributed by atoms with Crippen LogP contribution in [-0.2, 0) is 19.1 Å². The van der Waals surface area contributed by atoms with Crippen LogP contribution in [0.1, 0.15) is 17.2 Å². The Balaban J connectivity index is 2.16. The maximum absolute atomic E-state index is 12.6. The van der Waals surface area contributed by atoms with Crippen LogP contribution in [0.25, 0.3) is 5.76 Å². The standard InChI is InChI=1S/C19H16N2O5/c1-26-14(22)11-21-16(13-8-5-9-20-10-13)15(18(24)19(21)25)17(23)12-6-3-2-4-7-12/h2-10,16,23H,11H2,1H3/b17-15-. The number of benzene rings is 1. The maximum atomic E-state index is 12.6. The van der Waals surface area contributed by atoms with Crippen molar-refractivity contribution in [3.63, 3.8) is 0 Å². The fraction of sp³-hybridized carbons (Fsp3) is 0.158. The molecular weight excluding hydrogens is 336 g/mol. The molecule has 1 amide bonds. The van der Waals surface area contributed by atoms with Gasteiger partial charge in [-0.2, -0.15) is 0 Å². The number of aromatic nitrogens is 1. The first-order chi connectivity index (χ1) is 12.5. The van der Waals surface area contributed by atoms with E-state index >= 15 is 0 Å². The summed E-state index contributed by atoms with van der Waals surface area (Å²) in [6.07, 6.45) is 3.03. The molecule has 1 N–H and O–H groups in total. The van der Waals surface area contributed by atoms with Crippen molar-refractivity contribution >= 4 is 23.4 Å². The number of ketones is 1. The molecule has 26 heavy (non-hydrogen) atoms. The number of hydrogen-bond acceptors (Lipinski definition) is 6. The van der Waals surface area contributed by atoms with Crippen molar-refractivity contribution in [2.75, 3.05) is 13.7 Å². The number of Topliss-reactive ketones (excluding diaryl/α,β-unsaturated/α-hetero) is 1. The van der Waals surface area contributed by atoms with Gasteiger partial charge in [0, 0.05) is 18.0 Å². The molecule has 1 aromatic carbocycles. The summed E-state index contributed by atoms with van der Waals surface area (Å²) in [5, 5.41) is 10.7. The monoisotopic (exact) mass is 352 g/mol. The van der Waals surface area contributed by atoms with Crippen LogP contribution < -0.4 is 0 Å². The van der Waals surface area contributed by atoms with Gasteiger partial charge in [0.2, 0.25) is 0 Å². The maximum Gasteiger partial charge on any atom is 0.325 e. The lowest BCUT2D eigenvalue weighted by atomic mass is 9.96. The summed E-state index contributed by atoms with van der Waals surface area (Å²) in [6.45, 7) is -0.411. The number of esters is 1. The number of methoxy groups -OCH3 is 1. The Bertz CT molecular complexity index is 877. The fourth-order valence-electron chi connectivity index (χ4n) is 2.88. The molecule has 7 nitrogen and oxygen atoms in total. The number of aliphatic hydroxyl groups is 1. The molecule has 1 unspecified atom stereocenters. The lowest BCUT2D eigenvalue weighted by Gasteiger charge is -2.23. The molecule has 0 aliphatic carbocycles. The highest BCUT2D eigenvalue weighted by atomic mass is 16.5. The lowest BCUT2D eigenvalue weighted by molar-refractivity contribution is -0.148. The van der Waals surface area contributed by atoms with E-state index in [2.05, 4.69) is 9.72 Å². The number of carbonyl (C=O) groups is 3. The van der Waals surface area contributed by atoms with Crippen LogP contribution >= 0.6 is 0 Å². The van der Waals surface area contributed by atoms with Crippen molar-refractivity contribution < 1.29 is 24.2 Å². The average Bonchev–Trinajstić information content (AvgIpc) is 2.93. The van der Waals surface area contributed by atoms with E-state index in [1.807, 2.05) is 0 Å². The molecule has 3 rings (SSSR count). The van der Waals surface area contributed by atoms with Gasteiger partial charge in [-0.3, -0.25) is 19.4 Å². The number of carbonyl (C=O) groups excluding carboxylic acids is 3. The highest BCUT2D eigenvalue weighted by Crippen LogP contribution is 2.38. The molecule has 1 aromatic heterocycles. The molecular formula is C19H16N2O5. The van der Waals surface area contributed by atoms with E-state index in [0.29, 0.717) is 11.1 Å². The summed E-state index contributed by atoms with van der Waals surface area (Å²) in [6, 6.07) is 10.8. The Morgan fingerprint density at radius 2 is 1.92 bits per heavy atom. The number of nitrogens with zero attached hydrogens (tertiary/aromatic N) is 2. The second-order valence-corrected chi connectivity index (χ2v) is 5.66. The van der Waals surface area contributed by atoms with E-state index in [0.717, 1.165) is 4.90 Å². The van der Waals surface area contributed by atoms with Crippen LogP contribution in [0.5, 0.6) is 0 Å². The second-order valence-electron chi connectivity index (χ2n) is 5.66. The van der Waals surface area contributed by atoms with Gasteiger partial charge in [-0.25, -0.2) is 0 Å². The Morgan fingerprint density at radius 3 is 2.54 bits per heavy atom. The number of aliphatic hydroxyl groups excluding tert-OH is 1. The minimum atomic E-state index is -0.928. The zero-order valence-corrected chi connectivity index (χ0v) is 14.0. The first-order valence-corrected chi connectivity index (χ1v) is 7.85. The first-order valence-electron chi connectivity index (χ1n) is 7.85. The highest BCUT2D eigenvalue weighted by Gasteiger charge is 2.47. The largest absolute Gasteiger partial charge is 0.507 e. The molecule has 0 saturated carbocycles. The van der Waals surface area contributed by atoms with E-state index in [1.165, 1.54) is 13.3 Å². The number of hydrogen-bond donors (Lipinski definition) is 1. The Morgan fingerprint density at radius 1 is 1.19 bits per heavy atom. The third-order valence-corrected chi connectivity index (χ3v) is 4.11. The third kappa shape index (κ3) is 3.06. The lowest BCUT2D eigenvalue weighted by Crippen LogP contribution is -2.35. The average molecular weight is 352 g/mol. The zero-order chi connectivity index (χ0) is 18.7. The van der Waals surface area contributed by atoms with Crippen LogP contribution in [0.4, 0.5) is 0 Å². The molecule has 0 bridgehead atoms. The minimum Gasteiger partial charge on any atom is -0.507 e. The minimum absolute atomic E-state index is 0.0851. The summed E-state index contributed by atoms with van der Waals surface area (Å²) < 4.78 is 4.62. The van der Waals surface area contributed by atoms with Crippen molar-refractivity contribution in [3.05, 3.63) is 71.6 Å². The van der Waals surface area contributed by atoms with Crippen molar-refractivity contribution in [2.24, 2.45) is 0 Å². The first kappa shape index (κ1) is 17.3. The van der Waals surface area contributed by atoms with Crippen LogP contribution in [-0.4, -0.2) is 46.3 Å². The van der Waals surface area contributed by atoms with Crippen LogP contribution in [0.15, 0.2) is 60.4 Å². The summed E-state index contributed by atoms with van der Waals surface area (Å²) in [4.78, 5) is 41.9. The van der Waals surface area contributed by atoms with Crippen LogP contribution in [0, 0.1) is 0 Å². The number of pyridine rings is 1. The second kappa shape index (κ2) is 7.18. The van der Waals surface area contributed by atoms with Gasteiger partial charge in [0.15, 0.2) is 0 Å². The Kier molecular flexibility index (Phi) is 4.79. The third-order valence-electron chi connectivity index (χ3n) is 4.11. The quantitative estimate of drug-likeness (QED) is 0.389. The highest BCUT2D eigenvalue weighted by molar-refractivity contribution is 6.46. The Labute approximate surface area is 149 Å². The topological polar surface area (TPSA) is 96.8 Å². The van der Waals surface area contributed by atoms with Crippen molar-refractivity contribution in [1.29, 1.82) is 0 Å². The normalized spacial score (nSPS) is 18.8. The van der Waals surface area contributed by atoms with Gasteiger partial charge in [-0.1, -0.05) is 36.4 Å². The molecule has 7 heteroatoms. The molecule has 2 aromatic rings. The summed E-state index contributed by atoms with van der Waals surface area (Å²) in [5.41, 5.74) is 0.823. The number of amides is 1. The molecule has 0 radical (unpaired) electrons. The van der Waals surface area contributed by atoms with E-state index in [4.69, 9.17) is 0 Å². The van der Waals surface area contributed by atoms with Gasteiger partial charge in [0.05, 0.1) is 18.7 Å². The van der Waals surface area contributed by atoms with Gasteiger partial charge >= 0.3 is 5.97 Å². The SMILES string of the molecule is COC(=O)CN1C(=O)C(=O)/C(=C(\O)c2ccccc2)C1c1cccnc1. The van der Waals surface area contributed by atoms with Gasteiger partial charge in [0.1, 0.15) is 12.3 Å². The molecule has 0 spiro atoms. The molecule has 1 aliphatic heterocycles. The predicted octanol–water partition coefficient (Wildman–Crippen LogP) is 1.68. The number of likely N-dealkylation sites (tertiary alicyclic amines) is 1. The van der Waals surface area contributed by atoms with Gasteiger partial charge in [-0.05, 0) is 11.6 Å². The van der Waals surface area contributed by atoms with Gasteiger partial charge in [-0.15, -0.1) is 0 Å². The molecule has 1 atom stereocenters. The van der Waals surface area contributed by atoms with E-state index < -0.39 is 30.2 Å². The van der Waals surface area contributed by atoms with E-state index in [1.54, 1.807) is 48.7 Å². The zero-order valence-electron chi connectivity index (χ0n) is 14.0. The summed E-state index contributed by atoms with van der Waals surface area (Å²) >= 11 is 0. The van der Waals surface area contributed by atoms with E-state index in [9.17, 15) is 19.5 Å². The molecule has 132 valence electrons.